The fourth-order valence-corrected chi connectivity index (χ4v) is 2.73. The number of hydrogen-bond acceptors (Lipinski definition) is 3. The summed E-state index contributed by atoms with van der Waals surface area (Å²) in [6, 6.07) is 6.56. The molecule has 2 aromatic rings. The highest BCUT2D eigenvalue weighted by molar-refractivity contribution is 5.77. The quantitative estimate of drug-likeness (QED) is 0.941. The van der Waals surface area contributed by atoms with E-state index in [2.05, 4.69) is 10.2 Å². The van der Waals surface area contributed by atoms with Crippen molar-refractivity contribution in [2.45, 2.75) is 19.4 Å². The number of nitrogens with one attached hydrogen (secondary N) is 1. The number of amides is 1. The minimum Gasteiger partial charge on any atom is -0.384 e. The van der Waals surface area contributed by atoms with Crippen LogP contribution in [0.4, 0.5) is 4.39 Å². The molecule has 116 valence electrons. The molecule has 6 heteroatoms. The molecule has 0 saturated heterocycles. The second-order valence-electron chi connectivity index (χ2n) is 5.32. The summed E-state index contributed by atoms with van der Waals surface area (Å²) in [6.07, 6.45) is 1.06. The average molecular weight is 303 g/mol. The lowest BCUT2D eigenvalue weighted by Gasteiger charge is -2.27. The maximum absolute atomic E-state index is 14.0. The zero-order chi connectivity index (χ0) is 15.5. The lowest BCUT2D eigenvalue weighted by Crippen LogP contribution is -2.36. The molecule has 0 radical (unpaired) electrons. The first-order valence-electron chi connectivity index (χ1n) is 7.28. The van der Waals surface area contributed by atoms with Gasteiger partial charge in [-0.15, -0.1) is 0 Å². The molecule has 0 saturated carbocycles. The largest absolute Gasteiger partial charge is 0.384 e. The summed E-state index contributed by atoms with van der Waals surface area (Å²) < 4.78 is 18.9. The summed E-state index contributed by atoms with van der Waals surface area (Å²) in [5.74, 6) is -0.257. The molecule has 0 bridgehead atoms. The Kier molecular flexibility index (Phi) is 4.20. The summed E-state index contributed by atoms with van der Waals surface area (Å²) in [5.41, 5.74) is 2.94. The van der Waals surface area contributed by atoms with Crippen molar-refractivity contribution in [3.05, 3.63) is 41.3 Å². The molecule has 0 unspecified atom stereocenters. The van der Waals surface area contributed by atoms with Crippen LogP contribution in [0.1, 0.15) is 17.7 Å². The van der Waals surface area contributed by atoms with Gasteiger partial charge in [0.2, 0.25) is 5.91 Å². The van der Waals surface area contributed by atoms with E-state index in [-0.39, 0.29) is 11.7 Å². The van der Waals surface area contributed by atoms with Crippen molar-refractivity contribution in [3.63, 3.8) is 0 Å². The van der Waals surface area contributed by atoms with E-state index in [4.69, 9.17) is 4.74 Å². The van der Waals surface area contributed by atoms with Gasteiger partial charge in [0.1, 0.15) is 11.5 Å². The SMILES string of the molecule is COCCC(=O)N1CCc2[nH]nc(-c3ccccc3F)c2C1. The lowest BCUT2D eigenvalue weighted by molar-refractivity contribution is -0.133. The smallest absolute Gasteiger partial charge is 0.225 e. The predicted molar refractivity (Wildman–Crippen MR) is 79.6 cm³/mol. The number of fused-ring (bicyclic) bond motifs is 1. The van der Waals surface area contributed by atoms with Gasteiger partial charge in [-0.25, -0.2) is 4.39 Å². The molecular formula is C16H18FN3O2. The minimum absolute atomic E-state index is 0.0492. The Morgan fingerprint density at radius 3 is 3.05 bits per heavy atom. The number of benzene rings is 1. The van der Waals surface area contributed by atoms with Crippen LogP contribution in [0.25, 0.3) is 11.3 Å². The highest BCUT2D eigenvalue weighted by Crippen LogP contribution is 2.30. The maximum atomic E-state index is 14.0. The number of nitrogens with zero attached hydrogens (tertiary/aromatic N) is 2. The van der Waals surface area contributed by atoms with E-state index in [0.29, 0.717) is 43.8 Å². The van der Waals surface area contributed by atoms with Gasteiger partial charge in [0.15, 0.2) is 0 Å². The van der Waals surface area contributed by atoms with E-state index in [0.717, 1.165) is 11.3 Å². The second kappa shape index (κ2) is 6.27. The van der Waals surface area contributed by atoms with Crippen molar-refractivity contribution in [2.75, 3.05) is 20.3 Å². The molecule has 1 aromatic carbocycles. The van der Waals surface area contributed by atoms with Gasteiger partial charge in [-0.05, 0) is 12.1 Å². The number of aromatic nitrogens is 2. The van der Waals surface area contributed by atoms with Gasteiger partial charge in [-0.2, -0.15) is 5.10 Å². The molecule has 0 spiro atoms. The molecule has 1 amide bonds. The van der Waals surface area contributed by atoms with E-state index in [1.807, 2.05) is 0 Å². The Morgan fingerprint density at radius 1 is 1.45 bits per heavy atom. The Balaban J connectivity index is 1.86. The van der Waals surface area contributed by atoms with Gasteiger partial charge in [0.05, 0.1) is 13.0 Å². The van der Waals surface area contributed by atoms with Gasteiger partial charge >= 0.3 is 0 Å². The molecular weight excluding hydrogens is 285 g/mol. The highest BCUT2D eigenvalue weighted by Gasteiger charge is 2.26. The number of H-pyrrole nitrogens is 1. The minimum atomic E-state index is -0.306. The van der Waals surface area contributed by atoms with Crippen molar-refractivity contribution in [1.82, 2.24) is 15.1 Å². The monoisotopic (exact) mass is 303 g/mol. The third-order valence-corrected chi connectivity index (χ3v) is 3.94. The zero-order valence-electron chi connectivity index (χ0n) is 12.4. The summed E-state index contributed by atoms with van der Waals surface area (Å²) in [7, 11) is 1.58. The van der Waals surface area contributed by atoms with Crippen molar-refractivity contribution in [2.24, 2.45) is 0 Å². The first-order valence-corrected chi connectivity index (χ1v) is 7.28. The normalized spacial score (nSPS) is 14.0. The maximum Gasteiger partial charge on any atom is 0.225 e. The fraction of sp³-hybridized carbons (Fsp3) is 0.375. The van der Waals surface area contributed by atoms with Crippen LogP contribution in [0.5, 0.6) is 0 Å². The van der Waals surface area contributed by atoms with Gasteiger partial charge in [-0.1, -0.05) is 12.1 Å². The molecule has 0 aliphatic carbocycles. The van der Waals surface area contributed by atoms with Gasteiger partial charge in [0.25, 0.3) is 0 Å². The summed E-state index contributed by atoms with van der Waals surface area (Å²) in [5, 5.41) is 7.23. The van der Waals surface area contributed by atoms with Crippen LogP contribution >= 0.6 is 0 Å². The summed E-state index contributed by atoms with van der Waals surface area (Å²) in [6.45, 7) is 1.51. The number of carbonyl (C=O) groups excluding carboxylic acids is 1. The Hall–Kier alpha value is -2.21. The topological polar surface area (TPSA) is 58.2 Å². The highest BCUT2D eigenvalue weighted by atomic mass is 19.1. The first kappa shape index (κ1) is 14.7. The number of ether oxygens (including phenoxy) is 1. The molecule has 3 rings (SSSR count). The predicted octanol–water partition coefficient (Wildman–Crippen LogP) is 2.14. The molecule has 1 aromatic heterocycles. The molecule has 0 atom stereocenters. The van der Waals surface area contributed by atoms with Crippen molar-refractivity contribution in [3.8, 4) is 11.3 Å². The number of rotatable bonds is 4. The van der Waals surface area contributed by atoms with Gasteiger partial charge in [0, 0.05) is 43.4 Å². The average Bonchev–Trinajstić information content (AvgIpc) is 2.96. The molecule has 22 heavy (non-hydrogen) atoms. The molecule has 1 N–H and O–H groups in total. The standard InChI is InChI=1S/C16H18FN3O2/c1-22-9-7-15(21)20-8-6-14-12(10-20)16(19-18-14)11-4-2-3-5-13(11)17/h2-5H,6-10H2,1H3,(H,18,19). The van der Waals surface area contributed by atoms with Crippen molar-refractivity contribution in [1.29, 1.82) is 0 Å². The van der Waals surface area contributed by atoms with Crippen molar-refractivity contribution >= 4 is 5.91 Å². The molecule has 0 fully saturated rings. The van der Waals surface area contributed by atoms with Crippen molar-refractivity contribution < 1.29 is 13.9 Å². The number of hydrogen-bond donors (Lipinski definition) is 1. The number of halogens is 1. The third kappa shape index (κ3) is 2.74. The van der Waals surface area contributed by atoms with E-state index in [1.54, 1.807) is 30.2 Å². The molecule has 1 aliphatic heterocycles. The third-order valence-electron chi connectivity index (χ3n) is 3.94. The van der Waals surface area contributed by atoms with Crippen LogP contribution in [-0.4, -0.2) is 41.3 Å². The van der Waals surface area contributed by atoms with Crippen LogP contribution in [0.2, 0.25) is 0 Å². The number of aromatic amines is 1. The fourth-order valence-electron chi connectivity index (χ4n) is 2.73. The molecule has 2 heterocycles. The second-order valence-corrected chi connectivity index (χ2v) is 5.32. The number of methoxy groups -OCH3 is 1. The number of carbonyl (C=O) groups is 1. The summed E-state index contributed by atoms with van der Waals surface area (Å²) in [4.78, 5) is 13.9. The summed E-state index contributed by atoms with van der Waals surface area (Å²) >= 11 is 0. The van der Waals surface area contributed by atoms with Gasteiger partial charge in [-0.3, -0.25) is 9.89 Å². The van der Waals surface area contributed by atoms with E-state index >= 15 is 0 Å². The Labute approximate surface area is 128 Å². The Bertz CT molecular complexity index is 684. The van der Waals surface area contributed by atoms with Crippen LogP contribution in [0, 0.1) is 5.82 Å². The lowest BCUT2D eigenvalue weighted by atomic mass is 10.0. The molecule has 5 nitrogen and oxygen atoms in total. The van der Waals surface area contributed by atoms with Crippen LogP contribution in [0.15, 0.2) is 24.3 Å². The zero-order valence-corrected chi connectivity index (χ0v) is 12.4. The van der Waals surface area contributed by atoms with Crippen LogP contribution in [-0.2, 0) is 22.5 Å². The van der Waals surface area contributed by atoms with Crippen LogP contribution in [0.3, 0.4) is 0 Å². The van der Waals surface area contributed by atoms with Gasteiger partial charge < -0.3 is 9.64 Å². The van der Waals surface area contributed by atoms with E-state index in [9.17, 15) is 9.18 Å². The molecule has 1 aliphatic rings. The van der Waals surface area contributed by atoms with E-state index < -0.39 is 0 Å². The van der Waals surface area contributed by atoms with E-state index in [1.165, 1.54) is 6.07 Å². The first-order chi connectivity index (χ1) is 10.7. The van der Waals surface area contributed by atoms with Crippen LogP contribution < -0.4 is 0 Å². The Morgan fingerprint density at radius 2 is 2.27 bits per heavy atom.